The Bertz CT molecular complexity index is 1580. The molecule has 7 rings (SSSR count). The van der Waals surface area contributed by atoms with Crippen LogP contribution in [0, 0.1) is 17.2 Å². The number of carbonyl (C=O) groups is 1. The summed E-state index contributed by atoms with van der Waals surface area (Å²) < 4.78 is 108. The van der Waals surface area contributed by atoms with E-state index in [9.17, 15) is 39.6 Å². The number of benzene rings is 2. The standard InChI is InChI=1S/C30H32F6N4O3S/c1-26(2)23(24(41)37-13-19-11-29(32,33)12-19)38-25(39-26)27-15-28(16-27,17-27)40(44(42,43)22-9-7-21(31)8-10-22)14-18-3-5-20(6-4-18)30(34,35)36/h3-10,19,23H,11-17H2,1-2H3,(H,37,41)(H,38,39). The molecule has 0 radical (unpaired) electrons. The van der Waals surface area contributed by atoms with Crippen molar-refractivity contribution in [3.05, 3.63) is 65.5 Å². The lowest BCUT2D eigenvalue weighted by Gasteiger charge is -2.72. The van der Waals surface area contributed by atoms with Gasteiger partial charge in [-0.3, -0.25) is 9.79 Å². The highest BCUT2D eigenvalue weighted by Crippen LogP contribution is 2.71. The number of nitrogens with zero attached hydrogens (tertiary/aromatic N) is 2. The van der Waals surface area contributed by atoms with Gasteiger partial charge in [-0.1, -0.05) is 12.1 Å². The van der Waals surface area contributed by atoms with E-state index >= 15 is 0 Å². The fourth-order valence-corrected chi connectivity index (χ4v) is 8.85. The first-order valence-electron chi connectivity index (χ1n) is 14.3. The van der Waals surface area contributed by atoms with Gasteiger partial charge in [0.2, 0.25) is 21.9 Å². The van der Waals surface area contributed by atoms with Gasteiger partial charge >= 0.3 is 6.18 Å². The number of hydrogen-bond acceptors (Lipinski definition) is 5. The van der Waals surface area contributed by atoms with E-state index in [1.54, 1.807) is 13.8 Å². The van der Waals surface area contributed by atoms with Crippen molar-refractivity contribution in [3.8, 4) is 0 Å². The predicted molar refractivity (Wildman–Crippen MR) is 149 cm³/mol. The Balaban J connectivity index is 1.19. The van der Waals surface area contributed by atoms with Crippen LogP contribution in [0.1, 0.15) is 57.1 Å². The molecule has 2 aromatic carbocycles. The van der Waals surface area contributed by atoms with Crippen LogP contribution < -0.4 is 10.6 Å². The third-order valence-corrected chi connectivity index (χ3v) is 11.4. The minimum atomic E-state index is -4.54. The van der Waals surface area contributed by atoms with Crippen LogP contribution in [0.4, 0.5) is 26.3 Å². The van der Waals surface area contributed by atoms with Crippen LogP contribution in [0.2, 0.25) is 0 Å². The number of amidine groups is 1. The maximum Gasteiger partial charge on any atom is 0.416 e. The summed E-state index contributed by atoms with van der Waals surface area (Å²) in [5.74, 6) is -3.35. The van der Waals surface area contributed by atoms with Crippen molar-refractivity contribution in [1.29, 1.82) is 0 Å². The maximum atomic E-state index is 13.9. The van der Waals surface area contributed by atoms with Crippen molar-refractivity contribution >= 4 is 21.8 Å². The molecule has 4 fully saturated rings. The summed E-state index contributed by atoms with van der Waals surface area (Å²) in [6.07, 6.45) is -3.95. The number of sulfonamides is 1. The second-order valence-electron chi connectivity index (χ2n) is 13.3. The molecule has 1 atom stereocenters. The Morgan fingerprint density at radius 3 is 2.16 bits per heavy atom. The molecule has 7 nitrogen and oxygen atoms in total. The van der Waals surface area contributed by atoms with Crippen molar-refractivity contribution < 1.29 is 39.6 Å². The highest BCUT2D eigenvalue weighted by molar-refractivity contribution is 7.89. The average molecular weight is 643 g/mol. The zero-order valence-corrected chi connectivity index (χ0v) is 24.8. The van der Waals surface area contributed by atoms with Crippen molar-refractivity contribution in [1.82, 2.24) is 14.9 Å². The summed E-state index contributed by atoms with van der Waals surface area (Å²) in [5, 5.41) is 5.97. The average Bonchev–Trinajstić information content (AvgIpc) is 3.18. The van der Waals surface area contributed by atoms with E-state index in [1.807, 2.05) is 0 Å². The molecule has 4 aliphatic carbocycles. The minimum absolute atomic E-state index is 0.136. The summed E-state index contributed by atoms with van der Waals surface area (Å²) in [7, 11) is -4.19. The van der Waals surface area contributed by atoms with Crippen molar-refractivity contribution in [2.75, 3.05) is 6.54 Å². The lowest BCUT2D eigenvalue weighted by molar-refractivity contribution is -0.151. The largest absolute Gasteiger partial charge is 0.416 e. The summed E-state index contributed by atoms with van der Waals surface area (Å²) in [5.41, 5.74) is -2.69. The second-order valence-corrected chi connectivity index (χ2v) is 15.1. The highest BCUT2D eigenvalue weighted by atomic mass is 32.2. The number of aliphatic imine (C=N–C) groups is 1. The van der Waals surface area contributed by atoms with Gasteiger partial charge in [0.05, 0.1) is 16.0 Å². The van der Waals surface area contributed by atoms with Crippen LogP contribution in [0.3, 0.4) is 0 Å². The number of hydrogen-bond donors (Lipinski definition) is 2. The Kier molecular flexibility index (Phi) is 6.97. The van der Waals surface area contributed by atoms with Gasteiger partial charge in [0.1, 0.15) is 17.7 Å². The minimum Gasteiger partial charge on any atom is -0.360 e. The van der Waals surface area contributed by atoms with Crippen LogP contribution >= 0.6 is 0 Å². The molecule has 1 aliphatic heterocycles. The number of carbonyl (C=O) groups excluding carboxylic acids is 1. The molecule has 1 unspecified atom stereocenters. The third kappa shape index (κ3) is 5.27. The third-order valence-electron chi connectivity index (χ3n) is 9.43. The summed E-state index contributed by atoms with van der Waals surface area (Å²) in [6.45, 7) is 3.52. The Labute approximate surface area is 251 Å². The Morgan fingerprint density at radius 2 is 1.61 bits per heavy atom. The highest BCUT2D eigenvalue weighted by Gasteiger charge is 2.75. The van der Waals surface area contributed by atoms with E-state index in [4.69, 9.17) is 4.99 Å². The Hall–Kier alpha value is -3.13. The molecule has 0 saturated heterocycles. The van der Waals surface area contributed by atoms with E-state index in [-0.39, 0.29) is 42.7 Å². The molecule has 4 saturated carbocycles. The van der Waals surface area contributed by atoms with Gasteiger partial charge in [-0.15, -0.1) is 0 Å². The molecular formula is C30H32F6N4O3S. The van der Waals surface area contributed by atoms with E-state index in [0.717, 1.165) is 36.4 Å². The van der Waals surface area contributed by atoms with Gasteiger partial charge in [0.25, 0.3) is 0 Å². The monoisotopic (exact) mass is 642 g/mol. The predicted octanol–water partition coefficient (Wildman–Crippen LogP) is 5.27. The van der Waals surface area contributed by atoms with Gasteiger partial charge in [-0.05, 0) is 81.0 Å². The number of alkyl halides is 5. The van der Waals surface area contributed by atoms with Gasteiger partial charge in [-0.2, -0.15) is 17.5 Å². The smallest absolute Gasteiger partial charge is 0.360 e. The van der Waals surface area contributed by atoms with E-state index < -0.39 is 56.0 Å². The number of nitrogens with one attached hydrogen (secondary N) is 2. The first-order valence-corrected chi connectivity index (χ1v) is 15.8. The molecule has 1 amide bonds. The first-order chi connectivity index (χ1) is 20.3. The number of halogens is 6. The fraction of sp³-hybridized carbons (Fsp3) is 0.533. The SMILES string of the molecule is CC1(C)N=C(C23CC(N(Cc4ccc(C(F)(F)F)cc4)S(=O)(=O)c4ccc(F)cc4)(C2)C3)NC1C(=O)NCC1CC(F)(F)C1. The quantitative estimate of drug-likeness (QED) is 0.365. The molecule has 2 bridgehead atoms. The molecule has 0 aromatic heterocycles. The summed E-state index contributed by atoms with van der Waals surface area (Å²) in [4.78, 5) is 17.7. The van der Waals surface area contributed by atoms with Crippen molar-refractivity contribution in [2.45, 2.75) is 86.6 Å². The second kappa shape index (κ2) is 9.93. The van der Waals surface area contributed by atoms with Crippen LogP contribution in [0.15, 0.2) is 58.4 Å². The van der Waals surface area contributed by atoms with Crippen LogP contribution in [0.5, 0.6) is 0 Å². The Morgan fingerprint density at radius 1 is 1.02 bits per heavy atom. The number of amides is 1. The topological polar surface area (TPSA) is 90.9 Å². The maximum absolute atomic E-state index is 13.9. The molecular weight excluding hydrogens is 610 g/mol. The molecule has 2 aromatic rings. The van der Waals surface area contributed by atoms with E-state index in [0.29, 0.717) is 30.7 Å². The van der Waals surface area contributed by atoms with Gasteiger partial charge in [0, 0.05) is 36.9 Å². The molecule has 5 aliphatic rings. The fourth-order valence-electron chi connectivity index (χ4n) is 7.09. The lowest BCUT2D eigenvalue weighted by atomic mass is 9.38. The summed E-state index contributed by atoms with van der Waals surface area (Å²) in [6, 6.07) is 7.95. The zero-order chi connectivity index (χ0) is 31.9. The summed E-state index contributed by atoms with van der Waals surface area (Å²) >= 11 is 0. The lowest BCUT2D eigenvalue weighted by Crippen LogP contribution is -2.78. The molecule has 1 heterocycles. The van der Waals surface area contributed by atoms with E-state index in [1.165, 1.54) is 16.4 Å². The van der Waals surface area contributed by atoms with Crippen LogP contribution in [0.25, 0.3) is 0 Å². The molecule has 0 spiro atoms. The normalized spacial score (nSPS) is 28.8. The van der Waals surface area contributed by atoms with E-state index in [2.05, 4.69) is 10.6 Å². The molecule has 44 heavy (non-hydrogen) atoms. The van der Waals surface area contributed by atoms with Crippen LogP contribution in [-0.4, -0.2) is 54.1 Å². The van der Waals surface area contributed by atoms with Gasteiger partial charge in [-0.25, -0.2) is 21.6 Å². The molecule has 2 N–H and O–H groups in total. The van der Waals surface area contributed by atoms with Gasteiger partial charge in [0.15, 0.2) is 0 Å². The molecule has 14 heteroatoms. The molecule has 238 valence electrons. The van der Waals surface area contributed by atoms with Gasteiger partial charge < -0.3 is 10.6 Å². The first kappa shape index (κ1) is 30.9. The van der Waals surface area contributed by atoms with Crippen LogP contribution in [-0.2, 0) is 27.5 Å². The zero-order valence-electron chi connectivity index (χ0n) is 24.0. The van der Waals surface area contributed by atoms with Crippen molar-refractivity contribution in [2.24, 2.45) is 16.3 Å². The number of rotatable bonds is 9. The van der Waals surface area contributed by atoms with Crippen molar-refractivity contribution in [3.63, 3.8) is 0 Å².